The Morgan fingerprint density at radius 1 is 1.04 bits per heavy atom. The molecule has 0 N–H and O–H groups in total. The van der Waals surface area contributed by atoms with Gasteiger partial charge < -0.3 is 18.9 Å². The first-order valence-electron chi connectivity index (χ1n) is 8.97. The predicted molar refractivity (Wildman–Crippen MR) is 102 cm³/mol. The van der Waals surface area contributed by atoms with Crippen LogP contribution in [0.5, 0.6) is 11.5 Å². The average molecular weight is 371 g/mol. The van der Waals surface area contributed by atoms with E-state index in [-0.39, 0.29) is 18.0 Å². The van der Waals surface area contributed by atoms with E-state index in [0.717, 1.165) is 36.7 Å². The highest BCUT2D eigenvalue weighted by Crippen LogP contribution is 2.25. The number of hydrogen-bond donors (Lipinski definition) is 0. The lowest BCUT2D eigenvalue weighted by Gasteiger charge is -2.35. The number of nitrogens with zero attached hydrogens (tertiary/aromatic N) is 3. The maximum Gasteiger partial charge on any atom is 0.250 e. The molecule has 1 aliphatic heterocycles. The van der Waals surface area contributed by atoms with Gasteiger partial charge in [0.25, 0.3) is 5.56 Å². The van der Waals surface area contributed by atoms with Crippen molar-refractivity contribution in [1.82, 2.24) is 14.4 Å². The van der Waals surface area contributed by atoms with E-state index < -0.39 is 0 Å². The van der Waals surface area contributed by atoms with E-state index in [1.54, 1.807) is 32.5 Å². The van der Waals surface area contributed by atoms with Crippen molar-refractivity contribution in [3.8, 4) is 11.5 Å². The van der Waals surface area contributed by atoms with Crippen molar-refractivity contribution in [2.24, 2.45) is 0 Å². The number of pyridine rings is 1. The fourth-order valence-corrected chi connectivity index (χ4v) is 3.24. The molecule has 1 saturated heterocycles. The predicted octanol–water partition coefficient (Wildman–Crippen LogP) is 1.21. The summed E-state index contributed by atoms with van der Waals surface area (Å²) in [6.07, 6.45) is 1.64. The molecule has 144 valence electrons. The number of carbonyl (C=O) groups excluding carboxylic acids is 1. The zero-order valence-corrected chi connectivity index (χ0v) is 15.8. The molecule has 0 aliphatic carbocycles. The second-order valence-electron chi connectivity index (χ2n) is 6.50. The first-order valence-corrected chi connectivity index (χ1v) is 8.97. The molecule has 3 rings (SSSR count). The van der Waals surface area contributed by atoms with Gasteiger partial charge in [0.15, 0.2) is 0 Å². The Morgan fingerprint density at radius 2 is 1.81 bits per heavy atom. The summed E-state index contributed by atoms with van der Waals surface area (Å²) < 4.78 is 12.2. The number of amides is 1. The van der Waals surface area contributed by atoms with E-state index in [4.69, 9.17) is 9.47 Å². The van der Waals surface area contributed by atoms with Gasteiger partial charge in [-0.2, -0.15) is 0 Å². The number of hydrogen-bond acceptors (Lipinski definition) is 5. The van der Waals surface area contributed by atoms with E-state index in [9.17, 15) is 9.59 Å². The lowest BCUT2D eigenvalue weighted by Crippen LogP contribution is -2.49. The second kappa shape index (κ2) is 8.73. The summed E-state index contributed by atoms with van der Waals surface area (Å²) in [7, 11) is 3.31. The van der Waals surface area contributed by atoms with Gasteiger partial charge in [-0.15, -0.1) is 0 Å². The Bertz CT molecular complexity index is 841. The first-order chi connectivity index (χ1) is 13.1. The van der Waals surface area contributed by atoms with Crippen LogP contribution >= 0.6 is 0 Å². The third kappa shape index (κ3) is 4.68. The lowest BCUT2D eigenvalue weighted by atomic mass is 10.1. The number of methoxy groups -OCH3 is 2. The second-order valence-corrected chi connectivity index (χ2v) is 6.50. The number of ether oxygens (including phenoxy) is 2. The first kappa shape index (κ1) is 19.0. The highest BCUT2D eigenvalue weighted by Gasteiger charge is 2.22. The molecule has 7 heteroatoms. The van der Waals surface area contributed by atoms with Crippen LogP contribution in [0, 0.1) is 0 Å². The summed E-state index contributed by atoms with van der Waals surface area (Å²) in [5, 5.41) is 0. The molecule has 0 saturated carbocycles. The Hall–Kier alpha value is -2.80. The molecule has 1 aromatic heterocycles. The van der Waals surface area contributed by atoms with Gasteiger partial charge in [-0.25, -0.2) is 0 Å². The minimum Gasteiger partial charge on any atom is -0.497 e. The van der Waals surface area contributed by atoms with E-state index in [1.807, 2.05) is 23.1 Å². The number of benzene rings is 1. The van der Waals surface area contributed by atoms with Gasteiger partial charge in [0.05, 0.1) is 14.2 Å². The highest BCUT2D eigenvalue weighted by molar-refractivity contribution is 5.76. The normalized spacial score (nSPS) is 14.8. The van der Waals surface area contributed by atoms with Crippen molar-refractivity contribution >= 4 is 5.91 Å². The Kier molecular flexibility index (Phi) is 6.13. The van der Waals surface area contributed by atoms with Gasteiger partial charge in [-0.3, -0.25) is 14.5 Å². The molecule has 1 aliphatic rings. The van der Waals surface area contributed by atoms with Crippen LogP contribution in [0.2, 0.25) is 0 Å². The summed E-state index contributed by atoms with van der Waals surface area (Å²) >= 11 is 0. The largest absolute Gasteiger partial charge is 0.497 e. The molecule has 0 unspecified atom stereocenters. The molecule has 0 spiro atoms. The summed E-state index contributed by atoms with van der Waals surface area (Å²) in [4.78, 5) is 28.4. The third-order valence-corrected chi connectivity index (χ3v) is 4.81. The molecule has 2 heterocycles. The van der Waals surface area contributed by atoms with Crippen LogP contribution in [-0.2, 0) is 17.9 Å². The van der Waals surface area contributed by atoms with Gasteiger partial charge >= 0.3 is 0 Å². The minimum atomic E-state index is -0.158. The van der Waals surface area contributed by atoms with E-state index in [2.05, 4.69) is 4.90 Å². The van der Waals surface area contributed by atoms with Crippen LogP contribution < -0.4 is 15.0 Å². The third-order valence-electron chi connectivity index (χ3n) is 4.81. The Morgan fingerprint density at radius 3 is 2.48 bits per heavy atom. The molecule has 1 aromatic carbocycles. The standard InChI is InChI=1S/C20H25N3O4/c1-26-17-6-7-18(27-2)16(13-17)14-21-9-11-22(12-10-21)20(25)15-23-8-4-3-5-19(23)24/h3-8,13H,9-12,14-15H2,1-2H3. The van der Waals surface area contributed by atoms with Gasteiger partial charge in [0.2, 0.25) is 5.91 Å². The van der Waals surface area contributed by atoms with Crippen molar-refractivity contribution in [2.45, 2.75) is 13.1 Å². The molecule has 1 fully saturated rings. The molecular formula is C20H25N3O4. The number of rotatable bonds is 6. The SMILES string of the molecule is COc1ccc(OC)c(CN2CCN(C(=O)Cn3ccccc3=O)CC2)c1. The molecule has 0 atom stereocenters. The Labute approximate surface area is 158 Å². The van der Waals surface area contributed by atoms with Crippen molar-refractivity contribution < 1.29 is 14.3 Å². The lowest BCUT2D eigenvalue weighted by molar-refractivity contribution is -0.133. The monoisotopic (exact) mass is 371 g/mol. The van der Waals surface area contributed by atoms with Gasteiger partial charge in [0.1, 0.15) is 18.0 Å². The van der Waals surface area contributed by atoms with Gasteiger partial charge in [-0.1, -0.05) is 6.07 Å². The van der Waals surface area contributed by atoms with Gasteiger partial charge in [0, 0.05) is 50.6 Å². The van der Waals surface area contributed by atoms with Crippen molar-refractivity contribution in [3.63, 3.8) is 0 Å². The van der Waals surface area contributed by atoms with E-state index in [0.29, 0.717) is 13.1 Å². The van der Waals surface area contributed by atoms with Crippen LogP contribution in [0.25, 0.3) is 0 Å². The molecule has 1 amide bonds. The summed E-state index contributed by atoms with van der Waals surface area (Å²) in [6.45, 7) is 3.66. The van der Waals surface area contributed by atoms with Crippen LogP contribution in [-0.4, -0.2) is 60.7 Å². The molecule has 0 bridgehead atoms. The van der Waals surface area contributed by atoms with E-state index in [1.165, 1.54) is 10.6 Å². The van der Waals surface area contributed by atoms with Crippen molar-refractivity contribution in [2.75, 3.05) is 40.4 Å². The number of aromatic nitrogens is 1. The smallest absolute Gasteiger partial charge is 0.250 e. The van der Waals surface area contributed by atoms with Crippen LogP contribution in [0.4, 0.5) is 0 Å². The summed E-state index contributed by atoms with van der Waals surface area (Å²) in [5.41, 5.74) is 0.905. The fraction of sp³-hybridized carbons (Fsp3) is 0.400. The quantitative estimate of drug-likeness (QED) is 0.764. The molecule has 2 aromatic rings. The molecule has 0 radical (unpaired) electrons. The topological polar surface area (TPSA) is 64.0 Å². The number of carbonyl (C=O) groups is 1. The van der Waals surface area contributed by atoms with Crippen LogP contribution in [0.3, 0.4) is 0 Å². The minimum absolute atomic E-state index is 0.0260. The molecular weight excluding hydrogens is 346 g/mol. The zero-order valence-electron chi connectivity index (χ0n) is 15.8. The fourth-order valence-electron chi connectivity index (χ4n) is 3.24. The average Bonchev–Trinajstić information content (AvgIpc) is 2.70. The maximum absolute atomic E-state index is 12.5. The van der Waals surface area contributed by atoms with E-state index >= 15 is 0 Å². The maximum atomic E-state index is 12.5. The van der Waals surface area contributed by atoms with Crippen LogP contribution in [0.15, 0.2) is 47.4 Å². The van der Waals surface area contributed by atoms with Crippen LogP contribution in [0.1, 0.15) is 5.56 Å². The van der Waals surface area contributed by atoms with Gasteiger partial charge in [-0.05, 0) is 24.3 Å². The van der Waals surface area contributed by atoms with Crippen molar-refractivity contribution in [1.29, 1.82) is 0 Å². The summed E-state index contributed by atoms with van der Waals surface area (Å²) in [6, 6.07) is 10.7. The van der Waals surface area contributed by atoms with Crippen molar-refractivity contribution in [3.05, 3.63) is 58.5 Å². The number of piperazine rings is 1. The summed E-state index contributed by atoms with van der Waals surface area (Å²) in [5.74, 6) is 1.60. The highest BCUT2D eigenvalue weighted by atomic mass is 16.5. The Balaban J connectivity index is 1.57. The zero-order chi connectivity index (χ0) is 19.2. The molecule has 27 heavy (non-hydrogen) atoms. The molecule has 7 nitrogen and oxygen atoms in total.